The highest BCUT2D eigenvalue weighted by atomic mass is 32.2. The minimum atomic E-state index is -3.80. The summed E-state index contributed by atoms with van der Waals surface area (Å²) in [5, 5.41) is 3.25. The first-order chi connectivity index (χ1) is 9.34. The Labute approximate surface area is 119 Å². The molecule has 20 heavy (non-hydrogen) atoms. The van der Waals surface area contributed by atoms with Gasteiger partial charge < -0.3 is 5.32 Å². The minimum Gasteiger partial charge on any atom is -0.317 e. The summed E-state index contributed by atoms with van der Waals surface area (Å²) in [5.41, 5.74) is 0.352. The average Bonchev–Trinajstić information content (AvgIpc) is 2.37. The molecule has 2 rings (SSSR count). The van der Waals surface area contributed by atoms with Crippen LogP contribution in [-0.2, 0) is 10.0 Å². The highest BCUT2D eigenvalue weighted by Gasteiger charge is 2.30. The molecule has 0 atom stereocenters. The Bertz CT molecular complexity index is 561. The smallest absolute Gasteiger partial charge is 0.243 e. The molecule has 1 heterocycles. The molecule has 1 aliphatic heterocycles. The van der Waals surface area contributed by atoms with Gasteiger partial charge in [-0.05, 0) is 49.9 Å². The number of sulfonamides is 1. The lowest BCUT2D eigenvalue weighted by Crippen LogP contribution is -2.43. The summed E-state index contributed by atoms with van der Waals surface area (Å²) >= 11 is 0. The van der Waals surface area contributed by atoms with Gasteiger partial charge in [0.1, 0.15) is 10.7 Å². The second kappa shape index (κ2) is 5.79. The molecule has 0 radical (unpaired) electrons. The number of benzene rings is 1. The Morgan fingerprint density at radius 1 is 1.35 bits per heavy atom. The summed E-state index contributed by atoms with van der Waals surface area (Å²) in [4.78, 5) is -0.238. The molecule has 0 aliphatic carbocycles. The van der Waals surface area contributed by atoms with Crippen molar-refractivity contribution in [3.8, 4) is 0 Å². The molecular weight excluding hydrogens is 279 g/mol. The van der Waals surface area contributed by atoms with E-state index in [0.717, 1.165) is 25.9 Å². The maximum Gasteiger partial charge on any atom is 0.243 e. The van der Waals surface area contributed by atoms with Gasteiger partial charge in [-0.3, -0.25) is 0 Å². The minimum absolute atomic E-state index is 0.0719. The monoisotopic (exact) mass is 300 g/mol. The van der Waals surface area contributed by atoms with Crippen LogP contribution in [0.1, 0.15) is 25.3 Å². The first-order valence-corrected chi connectivity index (χ1v) is 8.28. The second-order valence-electron chi connectivity index (χ2n) is 5.77. The van der Waals surface area contributed by atoms with E-state index in [1.165, 1.54) is 12.1 Å². The number of aryl methyl sites for hydroxylation is 1. The quantitative estimate of drug-likeness (QED) is 0.891. The SMILES string of the molecule is Cc1cccc(F)c1S(=O)(=O)NCC1(C)CCNCC1. The van der Waals surface area contributed by atoms with Crippen LogP contribution in [-0.4, -0.2) is 28.1 Å². The highest BCUT2D eigenvalue weighted by molar-refractivity contribution is 7.89. The fourth-order valence-corrected chi connectivity index (χ4v) is 4.00. The molecule has 1 aliphatic rings. The van der Waals surface area contributed by atoms with Gasteiger partial charge in [0.15, 0.2) is 0 Å². The van der Waals surface area contributed by atoms with Gasteiger partial charge in [0.05, 0.1) is 0 Å². The summed E-state index contributed by atoms with van der Waals surface area (Å²) < 4.78 is 40.9. The molecule has 6 heteroatoms. The van der Waals surface area contributed by atoms with E-state index < -0.39 is 15.8 Å². The van der Waals surface area contributed by atoms with E-state index >= 15 is 0 Å². The van der Waals surface area contributed by atoms with E-state index in [4.69, 9.17) is 0 Å². The Morgan fingerprint density at radius 3 is 2.60 bits per heavy atom. The highest BCUT2D eigenvalue weighted by Crippen LogP contribution is 2.28. The van der Waals surface area contributed by atoms with Crippen LogP contribution in [0, 0.1) is 18.2 Å². The number of halogens is 1. The van der Waals surface area contributed by atoms with E-state index in [-0.39, 0.29) is 10.3 Å². The Kier molecular flexibility index (Phi) is 4.46. The summed E-state index contributed by atoms with van der Waals surface area (Å²) in [6.07, 6.45) is 1.82. The second-order valence-corrected chi connectivity index (χ2v) is 7.47. The van der Waals surface area contributed by atoms with Crippen molar-refractivity contribution < 1.29 is 12.8 Å². The van der Waals surface area contributed by atoms with E-state index in [0.29, 0.717) is 12.1 Å². The largest absolute Gasteiger partial charge is 0.317 e. The zero-order valence-corrected chi connectivity index (χ0v) is 12.7. The lowest BCUT2D eigenvalue weighted by Gasteiger charge is -2.34. The number of piperidine rings is 1. The molecule has 0 saturated carbocycles. The molecule has 1 fully saturated rings. The van der Waals surface area contributed by atoms with Crippen LogP contribution in [0.2, 0.25) is 0 Å². The van der Waals surface area contributed by atoms with Gasteiger partial charge in [0, 0.05) is 6.54 Å². The zero-order valence-electron chi connectivity index (χ0n) is 11.9. The summed E-state index contributed by atoms with van der Waals surface area (Å²) in [7, 11) is -3.80. The first-order valence-electron chi connectivity index (χ1n) is 6.80. The normalized spacial score (nSPS) is 18.9. The van der Waals surface area contributed by atoms with Gasteiger partial charge in [-0.1, -0.05) is 19.1 Å². The molecule has 4 nitrogen and oxygen atoms in total. The molecule has 1 aromatic carbocycles. The molecule has 0 spiro atoms. The van der Waals surface area contributed by atoms with Crippen LogP contribution in [0.5, 0.6) is 0 Å². The zero-order chi connectivity index (χ0) is 14.8. The lowest BCUT2D eigenvalue weighted by molar-refractivity contribution is 0.232. The van der Waals surface area contributed by atoms with Crippen molar-refractivity contribution in [2.75, 3.05) is 19.6 Å². The summed E-state index contributed by atoms with van der Waals surface area (Å²) in [5.74, 6) is -0.701. The van der Waals surface area contributed by atoms with Crippen molar-refractivity contribution in [1.82, 2.24) is 10.0 Å². The number of hydrogen-bond acceptors (Lipinski definition) is 3. The Morgan fingerprint density at radius 2 is 2.00 bits per heavy atom. The lowest BCUT2D eigenvalue weighted by atomic mass is 9.81. The molecular formula is C14H21FN2O2S. The van der Waals surface area contributed by atoms with Gasteiger partial charge in [-0.2, -0.15) is 0 Å². The molecule has 1 aromatic rings. The van der Waals surface area contributed by atoms with Crippen molar-refractivity contribution in [2.45, 2.75) is 31.6 Å². The van der Waals surface area contributed by atoms with Crippen LogP contribution < -0.4 is 10.0 Å². The fourth-order valence-electron chi connectivity index (χ4n) is 2.51. The average molecular weight is 300 g/mol. The van der Waals surface area contributed by atoms with Gasteiger partial charge in [0.25, 0.3) is 0 Å². The van der Waals surface area contributed by atoms with Gasteiger partial charge in [0.2, 0.25) is 10.0 Å². The molecule has 2 N–H and O–H groups in total. The third-order valence-electron chi connectivity index (χ3n) is 3.93. The predicted octanol–water partition coefficient (Wildman–Crippen LogP) is 1.80. The van der Waals surface area contributed by atoms with E-state index in [9.17, 15) is 12.8 Å². The number of nitrogens with one attached hydrogen (secondary N) is 2. The number of rotatable bonds is 4. The molecule has 0 bridgehead atoms. The maximum absolute atomic E-state index is 13.8. The fraction of sp³-hybridized carbons (Fsp3) is 0.571. The summed E-state index contributed by atoms with van der Waals surface area (Å²) in [6, 6.07) is 4.29. The first kappa shape index (κ1) is 15.4. The third-order valence-corrected chi connectivity index (χ3v) is 5.51. The van der Waals surface area contributed by atoms with E-state index in [2.05, 4.69) is 17.0 Å². The molecule has 112 valence electrons. The van der Waals surface area contributed by atoms with Gasteiger partial charge in [-0.15, -0.1) is 0 Å². The van der Waals surface area contributed by atoms with Crippen LogP contribution in [0.15, 0.2) is 23.1 Å². The molecule has 0 amide bonds. The van der Waals surface area contributed by atoms with Crippen LogP contribution in [0.3, 0.4) is 0 Å². The van der Waals surface area contributed by atoms with E-state index in [1.54, 1.807) is 13.0 Å². The summed E-state index contributed by atoms with van der Waals surface area (Å²) in [6.45, 7) is 5.77. The van der Waals surface area contributed by atoms with Gasteiger partial charge in [-0.25, -0.2) is 17.5 Å². The topological polar surface area (TPSA) is 58.2 Å². The Balaban J connectivity index is 2.15. The van der Waals surface area contributed by atoms with E-state index in [1.807, 2.05) is 0 Å². The third kappa shape index (κ3) is 3.37. The van der Waals surface area contributed by atoms with Crippen LogP contribution in [0.4, 0.5) is 4.39 Å². The van der Waals surface area contributed by atoms with Crippen molar-refractivity contribution in [1.29, 1.82) is 0 Å². The molecule has 0 unspecified atom stereocenters. The van der Waals surface area contributed by atoms with Gasteiger partial charge >= 0.3 is 0 Å². The van der Waals surface area contributed by atoms with Crippen LogP contribution in [0.25, 0.3) is 0 Å². The maximum atomic E-state index is 13.8. The van der Waals surface area contributed by atoms with Crippen molar-refractivity contribution in [3.63, 3.8) is 0 Å². The van der Waals surface area contributed by atoms with Crippen molar-refractivity contribution >= 4 is 10.0 Å². The standard InChI is InChI=1S/C14H21FN2O2S/c1-11-4-3-5-12(15)13(11)20(18,19)17-10-14(2)6-8-16-9-7-14/h3-5,16-17H,6-10H2,1-2H3. The predicted molar refractivity (Wildman–Crippen MR) is 76.5 cm³/mol. The Hall–Kier alpha value is -0.980. The number of hydrogen-bond donors (Lipinski definition) is 2. The molecule has 1 saturated heterocycles. The van der Waals surface area contributed by atoms with Crippen molar-refractivity contribution in [2.24, 2.45) is 5.41 Å². The van der Waals surface area contributed by atoms with Crippen LogP contribution >= 0.6 is 0 Å². The van der Waals surface area contributed by atoms with Crippen molar-refractivity contribution in [3.05, 3.63) is 29.6 Å². The molecule has 0 aromatic heterocycles.